The molecule has 0 atom stereocenters. The van der Waals surface area contributed by atoms with Crippen molar-refractivity contribution in [2.24, 2.45) is 0 Å². The number of hydrogen-bond donors (Lipinski definition) is 0. The third-order valence-corrected chi connectivity index (χ3v) is 4.94. The molecule has 0 N–H and O–H groups in total. The zero-order chi connectivity index (χ0) is 19.9. The highest BCUT2D eigenvalue weighted by Gasteiger charge is 2.22. The molecule has 6 nitrogen and oxygen atoms in total. The predicted octanol–water partition coefficient (Wildman–Crippen LogP) is 2.95. The van der Waals surface area contributed by atoms with Crippen molar-refractivity contribution in [3.63, 3.8) is 0 Å². The molecule has 2 aromatic carbocycles. The first-order chi connectivity index (χ1) is 13.6. The van der Waals surface area contributed by atoms with E-state index in [0.717, 1.165) is 38.3 Å². The zero-order valence-corrected chi connectivity index (χ0v) is 16.8. The molecule has 0 saturated carbocycles. The number of carbonyl (C=O) groups excluding carboxylic acids is 1. The summed E-state index contributed by atoms with van der Waals surface area (Å²) in [7, 11) is 3.12. The maximum absolute atomic E-state index is 11.6. The summed E-state index contributed by atoms with van der Waals surface area (Å²) in [6, 6.07) is 14.3. The molecule has 0 aromatic heterocycles. The molecule has 1 aliphatic rings. The highest BCUT2D eigenvalue weighted by Crippen LogP contribution is 2.40. The third-order valence-electron chi connectivity index (χ3n) is 4.94. The van der Waals surface area contributed by atoms with Gasteiger partial charge in [-0.05, 0) is 11.6 Å². The Labute approximate surface area is 166 Å². The minimum Gasteiger partial charge on any atom is -0.493 e. The second-order valence-electron chi connectivity index (χ2n) is 6.92. The first-order valence-corrected chi connectivity index (χ1v) is 9.51. The van der Waals surface area contributed by atoms with Crippen molar-refractivity contribution in [3.8, 4) is 17.2 Å². The largest absolute Gasteiger partial charge is 0.493 e. The van der Waals surface area contributed by atoms with E-state index in [2.05, 4.69) is 34.1 Å². The Kier molecular flexibility index (Phi) is 6.90. The molecule has 0 bridgehead atoms. The lowest BCUT2D eigenvalue weighted by atomic mass is 10.1. The molecule has 3 rings (SSSR count). The van der Waals surface area contributed by atoms with Gasteiger partial charge < -0.3 is 14.2 Å². The quantitative estimate of drug-likeness (QED) is 0.540. The lowest BCUT2D eigenvalue weighted by Gasteiger charge is -2.35. The fraction of sp³-hybridized carbons (Fsp3) is 0.409. The molecule has 0 radical (unpaired) electrons. The van der Waals surface area contributed by atoms with Crippen LogP contribution in [0.5, 0.6) is 17.2 Å². The van der Waals surface area contributed by atoms with Crippen molar-refractivity contribution < 1.29 is 19.0 Å². The van der Waals surface area contributed by atoms with Gasteiger partial charge in [0.2, 0.25) is 5.75 Å². The van der Waals surface area contributed by atoms with Crippen LogP contribution < -0.4 is 14.2 Å². The van der Waals surface area contributed by atoms with Crippen LogP contribution in [0, 0.1) is 0 Å². The molecule has 0 aliphatic carbocycles. The van der Waals surface area contributed by atoms with E-state index in [1.807, 2.05) is 18.2 Å². The molecule has 1 heterocycles. The lowest BCUT2D eigenvalue weighted by molar-refractivity contribution is -0.132. The van der Waals surface area contributed by atoms with E-state index in [0.29, 0.717) is 23.8 Å². The third kappa shape index (κ3) is 5.03. The van der Waals surface area contributed by atoms with Crippen molar-refractivity contribution in [1.82, 2.24) is 9.80 Å². The highest BCUT2D eigenvalue weighted by atomic mass is 16.6. The van der Waals surface area contributed by atoms with Crippen LogP contribution in [0.3, 0.4) is 0 Å². The number of carbonyl (C=O) groups is 1. The van der Waals surface area contributed by atoms with Gasteiger partial charge in [-0.3, -0.25) is 14.6 Å². The van der Waals surface area contributed by atoms with Gasteiger partial charge in [0.05, 0.1) is 14.2 Å². The minimum absolute atomic E-state index is 0.375. The van der Waals surface area contributed by atoms with Gasteiger partial charge in [-0.25, -0.2) is 0 Å². The van der Waals surface area contributed by atoms with Crippen LogP contribution in [0.25, 0.3) is 0 Å². The zero-order valence-electron chi connectivity index (χ0n) is 16.8. The monoisotopic (exact) mass is 384 g/mol. The van der Waals surface area contributed by atoms with E-state index in [1.54, 1.807) is 14.2 Å². The summed E-state index contributed by atoms with van der Waals surface area (Å²) >= 11 is 0. The number of benzene rings is 2. The van der Waals surface area contributed by atoms with Crippen LogP contribution in [0.4, 0.5) is 0 Å². The van der Waals surface area contributed by atoms with Crippen LogP contribution in [0.15, 0.2) is 42.5 Å². The van der Waals surface area contributed by atoms with E-state index in [-0.39, 0.29) is 5.97 Å². The van der Waals surface area contributed by atoms with Gasteiger partial charge in [0, 0.05) is 51.8 Å². The summed E-state index contributed by atoms with van der Waals surface area (Å²) in [6.45, 7) is 6.99. The predicted molar refractivity (Wildman–Crippen MR) is 108 cm³/mol. The maximum Gasteiger partial charge on any atom is 0.308 e. The van der Waals surface area contributed by atoms with Crippen molar-refractivity contribution >= 4 is 5.97 Å². The topological polar surface area (TPSA) is 51.2 Å². The Morgan fingerprint density at radius 1 is 0.857 bits per heavy atom. The number of ether oxygens (including phenoxy) is 3. The SMILES string of the molecule is COc1ccc(CN2CCN(Cc3ccccc3)CC2)c(OC(C)=O)c1OC. The molecule has 1 aliphatic heterocycles. The van der Waals surface area contributed by atoms with Gasteiger partial charge in [0.15, 0.2) is 11.5 Å². The molecule has 0 spiro atoms. The first-order valence-electron chi connectivity index (χ1n) is 9.51. The fourth-order valence-electron chi connectivity index (χ4n) is 3.51. The number of nitrogens with zero attached hydrogens (tertiary/aromatic N) is 2. The van der Waals surface area contributed by atoms with Crippen molar-refractivity contribution in [2.75, 3.05) is 40.4 Å². The summed E-state index contributed by atoms with van der Waals surface area (Å²) in [5.74, 6) is 1.08. The standard InChI is InChI=1S/C22H28N2O4/c1-17(25)28-21-19(9-10-20(26-2)22(21)27-3)16-24-13-11-23(12-14-24)15-18-7-5-4-6-8-18/h4-10H,11-16H2,1-3H3. The van der Waals surface area contributed by atoms with Gasteiger partial charge in [-0.15, -0.1) is 0 Å². The normalized spacial score (nSPS) is 15.2. The van der Waals surface area contributed by atoms with Crippen molar-refractivity contribution in [3.05, 3.63) is 53.6 Å². The van der Waals surface area contributed by atoms with Gasteiger partial charge in [-0.2, -0.15) is 0 Å². The van der Waals surface area contributed by atoms with Crippen LogP contribution in [-0.2, 0) is 17.9 Å². The average molecular weight is 384 g/mol. The molecule has 150 valence electrons. The summed E-state index contributed by atoms with van der Waals surface area (Å²) in [5, 5.41) is 0. The molecule has 1 saturated heterocycles. The summed E-state index contributed by atoms with van der Waals surface area (Å²) < 4.78 is 16.3. The second-order valence-corrected chi connectivity index (χ2v) is 6.92. The van der Waals surface area contributed by atoms with E-state index in [9.17, 15) is 4.79 Å². The Balaban J connectivity index is 1.66. The molecule has 0 unspecified atom stereocenters. The average Bonchev–Trinajstić information content (AvgIpc) is 2.71. The van der Waals surface area contributed by atoms with Gasteiger partial charge in [0.25, 0.3) is 0 Å². The number of piperazine rings is 1. The van der Waals surface area contributed by atoms with Crippen LogP contribution >= 0.6 is 0 Å². The number of methoxy groups -OCH3 is 2. The van der Waals surface area contributed by atoms with Crippen LogP contribution in [-0.4, -0.2) is 56.2 Å². The molecule has 2 aromatic rings. The van der Waals surface area contributed by atoms with E-state index < -0.39 is 0 Å². The van der Waals surface area contributed by atoms with Gasteiger partial charge in [0.1, 0.15) is 0 Å². The fourth-order valence-corrected chi connectivity index (χ4v) is 3.51. The Morgan fingerprint density at radius 2 is 1.50 bits per heavy atom. The van der Waals surface area contributed by atoms with Crippen LogP contribution in [0.1, 0.15) is 18.1 Å². The number of hydrogen-bond acceptors (Lipinski definition) is 6. The second kappa shape index (κ2) is 9.57. The Morgan fingerprint density at radius 3 is 2.07 bits per heavy atom. The minimum atomic E-state index is -0.375. The van der Waals surface area contributed by atoms with Gasteiger partial charge >= 0.3 is 5.97 Å². The van der Waals surface area contributed by atoms with E-state index >= 15 is 0 Å². The smallest absolute Gasteiger partial charge is 0.308 e. The number of rotatable bonds is 7. The molecule has 28 heavy (non-hydrogen) atoms. The molecule has 6 heteroatoms. The van der Waals surface area contributed by atoms with E-state index in [4.69, 9.17) is 14.2 Å². The Bertz CT molecular complexity index is 787. The molecule has 0 amide bonds. The summed E-state index contributed by atoms with van der Waals surface area (Å²) in [4.78, 5) is 16.4. The van der Waals surface area contributed by atoms with Crippen LogP contribution in [0.2, 0.25) is 0 Å². The highest BCUT2D eigenvalue weighted by molar-refractivity contribution is 5.72. The molecular weight excluding hydrogens is 356 g/mol. The summed E-state index contributed by atoms with van der Waals surface area (Å²) in [6.07, 6.45) is 0. The molecular formula is C22H28N2O4. The maximum atomic E-state index is 11.6. The van der Waals surface area contributed by atoms with E-state index in [1.165, 1.54) is 12.5 Å². The summed E-state index contributed by atoms with van der Waals surface area (Å²) in [5.41, 5.74) is 2.26. The van der Waals surface area contributed by atoms with Crippen molar-refractivity contribution in [2.45, 2.75) is 20.0 Å². The van der Waals surface area contributed by atoms with Gasteiger partial charge in [-0.1, -0.05) is 36.4 Å². The number of esters is 1. The van der Waals surface area contributed by atoms with Crippen molar-refractivity contribution in [1.29, 1.82) is 0 Å². The molecule has 1 fully saturated rings. The Hall–Kier alpha value is -2.57. The first kappa shape index (κ1) is 20.2. The lowest BCUT2D eigenvalue weighted by Crippen LogP contribution is -2.45.